The van der Waals surface area contributed by atoms with Gasteiger partial charge in [0.15, 0.2) is 5.96 Å². The van der Waals surface area contributed by atoms with E-state index in [0.717, 1.165) is 21.7 Å². The molecule has 0 aliphatic rings. The molecule has 0 atom stereocenters. The first-order valence-corrected chi connectivity index (χ1v) is 9.51. The molecule has 0 spiro atoms. The van der Waals surface area contributed by atoms with E-state index in [1.54, 1.807) is 11.3 Å². The van der Waals surface area contributed by atoms with E-state index < -0.39 is 10.0 Å². The Labute approximate surface area is 130 Å². The van der Waals surface area contributed by atoms with Crippen molar-refractivity contribution in [2.24, 2.45) is 16.5 Å². The van der Waals surface area contributed by atoms with Crippen LogP contribution < -0.4 is 16.2 Å². The van der Waals surface area contributed by atoms with E-state index in [1.807, 2.05) is 17.5 Å². The fraction of sp³-hybridized carbons (Fsp3) is 0.273. The summed E-state index contributed by atoms with van der Waals surface area (Å²) < 4.78 is 24.4. The van der Waals surface area contributed by atoms with Gasteiger partial charge in [-0.25, -0.2) is 18.1 Å². The van der Waals surface area contributed by atoms with Gasteiger partial charge in [-0.15, -0.1) is 22.7 Å². The van der Waals surface area contributed by atoms with Crippen molar-refractivity contribution in [2.45, 2.75) is 6.42 Å². The van der Waals surface area contributed by atoms with Crippen LogP contribution in [0.2, 0.25) is 0 Å². The first-order valence-electron chi connectivity index (χ1n) is 5.92. The highest BCUT2D eigenvalue weighted by atomic mass is 32.2. The van der Waals surface area contributed by atoms with Gasteiger partial charge >= 0.3 is 0 Å². The number of rotatable bonds is 6. The van der Waals surface area contributed by atoms with Gasteiger partial charge in [0.2, 0.25) is 15.2 Å². The molecule has 0 saturated carbocycles. The second kappa shape index (κ2) is 6.52. The van der Waals surface area contributed by atoms with Gasteiger partial charge in [0.1, 0.15) is 0 Å². The average Bonchev–Trinajstić information content (AvgIpc) is 2.95. The smallest absolute Gasteiger partial charge is 0.212 e. The molecule has 7 nitrogen and oxygen atoms in total. The fourth-order valence-electron chi connectivity index (χ4n) is 1.55. The number of aromatic nitrogens is 1. The molecule has 0 bridgehead atoms. The summed E-state index contributed by atoms with van der Waals surface area (Å²) in [5.74, 6) is -0.0189. The lowest BCUT2D eigenvalue weighted by atomic mass is 10.3. The van der Waals surface area contributed by atoms with Gasteiger partial charge in [-0.1, -0.05) is 0 Å². The molecule has 2 aromatic rings. The summed E-state index contributed by atoms with van der Waals surface area (Å²) >= 11 is 2.93. The maximum atomic E-state index is 11.0. The van der Waals surface area contributed by atoms with Crippen LogP contribution in [0.3, 0.4) is 0 Å². The van der Waals surface area contributed by atoms with Gasteiger partial charge in [0, 0.05) is 16.8 Å². The van der Waals surface area contributed by atoms with Crippen LogP contribution in [0, 0.1) is 0 Å². The van der Waals surface area contributed by atoms with Crippen LogP contribution in [-0.4, -0.2) is 32.2 Å². The predicted octanol–water partition coefficient (Wildman–Crippen LogP) is 0.868. The summed E-state index contributed by atoms with van der Waals surface area (Å²) in [5, 5.41) is 2.39. The number of hydrogen-bond acceptors (Lipinski definition) is 6. The lowest BCUT2D eigenvalue weighted by Gasteiger charge is -1.99. The molecule has 0 radical (unpaired) electrons. The molecule has 0 saturated heterocycles. The van der Waals surface area contributed by atoms with Crippen LogP contribution in [0.15, 0.2) is 22.5 Å². The quantitative estimate of drug-likeness (QED) is 0.529. The molecule has 2 rings (SSSR count). The van der Waals surface area contributed by atoms with E-state index in [4.69, 9.17) is 11.5 Å². The summed E-state index contributed by atoms with van der Waals surface area (Å²) in [6, 6.07) is 3.92. The average molecular weight is 345 g/mol. The minimum atomic E-state index is -3.14. The first-order chi connectivity index (χ1) is 9.83. The summed E-state index contributed by atoms with van der Waals surface area (Å²) in [5.41, 5.74) is 11.4. The Kier molecular flexibility index (Phi) is 4.93. The maximum absolute atomic E-state index is 11.0. The molecule has 10 heteroatoms. The van der Waals surface area contributed by atoms with E-state index in [-0.39, 0.29) is 5.96 Å². The topological polar surface area (TPSA) is 123 Å². The highest BCUT2D eigenvalue weighted by Gasteiger charge is 2.08. The molecule has 0 unspecified atom stereocenters. The zero-order valence-electron chi connectivity index (χ0n) is 11.2. The second-order valence-corrected chi connectivity index (χ2v) is 8.07. The molecule has 21 heavy (non-hydrogen) atoms. The standard InChI is InChI=1S/C11H15N5O2S3/c1-21(17,18)14-5-4-7-2-3-9(20-7)8-6-19-11(15-8)16-10(12)13/h2-3,6,14H,4-5H2,1H3,(H4,12,13,15,16). The van der Waals surface area contributed by atoms with Crippen LogP contribution in [-0.2, 0) is 16.4 Å². The molecule has 5 N–H and O–H groups in total. The molecule has 0 aromatic carbocycles. The molecular formula is C11H15N5O2S3. The van der Waals surface area contributed by atoms with Gasteiger partial charge < -0.3 is 11.5 Å². The van der Waals surface area contributed by atoms with Gasteiger partial charge in [-0.05, 0) is 18.6 Å². The van der Waals surface area contributed by atoms with Crippen molar-refractivity contribution < 1.29 is 8.42 Å². The van der Waals surface area contributed by atoms with Crippen molar-refractivity contribution in [1.29, 1.82) is 0 Å². The number of thiophene rings is 1. The molecule has 0 aliphatic heterocycles. The zero-order valence-corrected chi connectivity index (χ0v) is 13.7. The second-order valence-electron chi connectivity index (χ2n) is 4.23. The lowest BCUT2D eigenvalue weighted by Crippen LogP contribution is -2.23. The van der Waals surface area contributed by atoms with Crippen LogP contribution in [0.4, 0.5) is 5.13 Å². The van der Waals surface area contributed by atoms with Crippen molar-refractivity contribution >= 4 is 43.8 Å². The number of thiazole rings is 1. The third-order valence-corrected chi connectivity index (χ3v) is 5.00. The summed E-state index contributed by atoms with van der Waals surface area (Å²) in [6.45, 7) is 0.384. The minimum absolute atomic E-state index is 0.0189. The number of guanidine groups is 1. The summed E-state index contributed by atoms with van der Waals surface area (Å²) in [6.07, 6.45) is 1.79. The monoisotopic (exact) mass is 345 g/mol. The Morgan fingerprint density at radius 2 is 2.19 bits per heavy atom. The SMILES string of the molecule is CS(=O)(=O)NCCc1ccc(-c2csc(N=C(N)N)n2)s1. The van der Waals surface area contributed by atoms with Gasteiger partial charge in [-0.2, -0.15) is 4.99 Å². The first kappa shape index (κ1) is 15.9. The predicted molar refractivity (Wildman–Crippen MR) is 87.4 cm³/mol. The number of hydrogen-bond donors (Lipinski definition) is 3. The number of sulfonamides is 1. The largest absolute Gasteiger partial charge is 0.370 e. The van der Waals surface area contributed by atoms with Crippen LogP contribution >= 0.6 is 22.7 Å². The Hall–Kier alpha value is -1.49. The van der Waals surface area contributed by atoms with Crippen LogP contribution in [0.25, 0.3) is 10.6 Å². The van der Waals surface area contributed by atoms with Crippen LogP contribution in [0.1, 0.15) is 4.88 Å². The van der Waals surface area contributed by atoms with E-state index in [2.05, 4.69) is 14.7 Å². The Bertz CT molecular complexity index is 744. The van der Waals surface area contributed by atoms with Crippen molar-refractivity contribution in [2.75, 3.05) is 12.8 Å². The normalized spacial score (nSPS) is 11.5. The Morgan fingerprint density at radius 1 is 1.43 bits per heavy atom. The molecule has 0 aliphatic carbocycles. The van der Waals surface area contributed by atoms with Crippen molar-refractivity contribution in [3.63, 3.8) is 0 Å². The van der Waals surface area contributed by atoms with Crippen molar-refractivity contribution in [3.05, 3.63) is 22.4 Å². The number of nitrogens with zero attached hydrogens (tertiary/aromatic N) is 2. The van der Waals surface area contributed by atoms with Gasteiger partial charge in [0.25, 0.3) is 0 Å². The Morgan fingerprint density at radius 3 is 2.86 bits per heavy atom. The van der Waals surface area contributed by atoms with Gasteiger partial charge in [-0.3, -0.25) is 0 Å². The van der Waals surface area contributed by atoms with Crippen LogP contribution in [0.5, 0.6) is 0 Å². The highest BCUT2D eigenvalue weighted by Crippen LogP contribution is 2.31. The van der Waals surface area contributed by atoms with Gasteiger partial charge in [0.05, 0.1) is 16.8 Å². The molecule has 2 heterocycles. The molecule has 114 valence electrons. The Balaban J connectivity index is 2.02. The summed E-state index contributed by atoms with van der Waals surface area (Å²) in [4.78, 5) is 10.3. The van der Waals surface area contributed by atoms with E-state index >= 15 is 0 Å². The molecular weight excluding hydrogens is 330 g/mol. The fourth-order valence-corrected chi connectivity index (χ4v) is 3.77. The third kappa shape index (κ3) is 5.08. The van der Waals surface area contributed by atoms with Crippen molar-refractivity contribution in [3.8, 4) is 10.6 Å². The van der Waals surface area contributed by atoms with E-state index in [1.165, 1.54) is 11.3 Å². The number of nitrogens with one attached hydrogen (secondary N) is 1. The third-order valence-electron chi connectivity index (χ3n) is 2.37. The summed E-state index contributed by atoms with van der Waals surface area (Å²) in [7, 11) is -3.14. The van der Waals surface area contributed by atoms with E-state index in [9.17, 15) is 8.42 Å². The van der Waals surface area contributed by atoms with E-state index in [0.29, 0.717) is 18.1 Å². The zero-order chi connectivity index (χ0) is 15.5. The highest BCUT2D eigenvalue weighted by molar-refractivity contribution is 7.88. The molecule has 0 fully saturated rings. The van der Waals surface area contributed by atoms with Crippen molar-refractivity contribution in [1.82, 2.24) is 9.71 Å². The molecule has 2 aromatic heterocycles. The minimum Gasteiger partial charge on any atom is -0.370 e. The lowest BCUT2D eigenvalue weighted by molar-refractivity contribution is 0.588. The number of aliphatic imine (C=N–C) groups is 1. The maximum Gasteiger partial charge on any atom is 0.212 e. The molecule has 0 amide bonds. The number of nitrogens with two attached hydrogens (primary N) is 2.